The molecule has 0 amide bonds. The number of likely N-dealkylation sites (N-methyl/N-ethyl adjacent to an activating group) is 1. The zero-order valence-electron chi connectivity index (χ0n) is 12.3. The minimum atomic E-state index is 0.293. The van der Waals surface area contributed by atoms with Crippen molar-refractivity contribution < 1.29 is 5.11 Å². The second-order valence-corrected chi connectivity index (χ2v) is 5.39. The van der Waals surface area contributed by atoms with Gasteiger partial charge < -0.3 is 5.11 Å². The summed E-state index contributed by atoms with van der Waals surface area (Å²) >= 11 is 0. The van der Waals surface area contributed by atoms with Crippen molar-refractivity contribution in [3.05, 3.63) is 29.8 Å². The molecule has 0 bridgehead atoms. The lowest BCUT2D eigenvalue weighted by molar-refractivity contribution is 0.192. The van der Waals surface area contributed by atoms with E-state index in [2.05, 4.69) is 30.6 Å². The largest absolute Gasteiger partial charge is 0.508 e. The summed E-state index contributed by atoms with van der Waals surface area (Å²) < 4.78 is 0. The third-order valence-corrected chi connectivity index (χ3v) is 4.46. The average Bonchev–Trinajstić information content (AvgIpc) is 2.90. The Balaban J connectivity index is 2.03. The van der Waals surface area contributed by atoms with Gasteiger partial charge in [-0.15, -0.1) is 0 Å². The van der Waals surface area contributed by atoms with E-state index in [1.807, 2.05) is 18.2 Å². The van der Waals surface area contributed by atoms with Crippen molar-refractivity contribution in [2.24, 2.45) is 0 Å². The van der Waals surface area contributed by atoms with Gasteiger partial charge >= 0.3 is 0 Å². The standard InChI is InChI=1S/C16H26N2O/c1-4-17(5-2)14-10-11-18(12-14)13(3)15-8-6-7-9-16(15)19/h6-9,13-14,19H,4-5,10-12H2,1-3H3. The molecule has 0 aliphatic carbocycles. The van der Waals surface area contributed by atoms with Gasteiger partial charge in [-0.2, -0.15) is 0 Å². The normalized spacial score (nSPS) is 22.0. The molecule has 1 saturated heterocycles. The molecule has 19 heavy (non-hydrogen) atoms. The van der Waals surface area contributed by atoms with Gasteiger partial charge in [-0.3, -0.25) is 9.80 Å². The molecule has 3 nitrogen and oxygen atoms in total. The van der Waals surface area contributed by atoms with E-state index >= 15 is 0 Å². The van der Waals surface area contributed by atoms with E-state index in [0.29, 0.717) is 17.8 Å². The molecular weight excluding hydrogens is 236 g/mol. The third kappa shape index (κ3) is 3.10. The molecule has 2 rings (SSSR count). The van der Waals surface area contributed by atoms with Crippen molar-refractivity contribution in [3.8, 4) is 5.75 Å². The quantitative estimate of drug-likeness (QED) is 0.884. The van der Waals surface area contributed by atoms with Gasteiger partial charge in [0.25, 0.3) is 0 Å². The van der Waals surface area contributed by atoms with Gasteiger partial charge in [0.2, 0.25) is 0 Å². The molecule has 1 aromatic rings. The molecule has 0 radical (unpaired) electrons. The Kier molecular flexibility index (Phi) is 4.83. The van der Waals surface area contributed by atoms with E-state index in [9.17, 15) is 5.11 Å². The second kappa shape index (κ2) is 6.40. The number of para-hydroxylation sites is 1. The van der Waals surface area contributed by atoms with E-state index in [0.717, 1.165) is 31.7 Å². The van der Waals surface area contributed by atoms with Crippen molar-refractivity contribution in [2.45, 2.75) is 39.3 Å². The molecule has 1 fully saturated rings. The van der Waals surface area contributed by atoms with Gasteiger partial charge in [0.15, 0.2) is 0 Å². The summed E-state index contributed by atoms with van der Waals surface area (Å²) in [5.74, 6) is 0.418. The summed E-state index contributed by atoms with van der Waals surface area (Å²) in [4.78, 5) is 5.02. The van der Waals surface area contributed by atoms with Crippen LogP contribution in [0.1, 0.15) is 38.8 Å². The maximum absolute atomic E-state index is 9.97. The average molecular weight is 262 g/mol. The van der Waals surface area contributed by atoms with Crippen molar-refractivity contribution in [3.63, 3.8) is 0 Å². The second-order valence-electron chi connectivity index (χ2n) is 5.39. The number of aromatic hydroxyl groups is 1. The fraction of sp³-hybridized carbons (Fsp3) is 0.625. The number of benzene rings is 1. The first-order valence-electron chi connectivity index (χ1n) is 7.43. The zero-order chi connectivity index (χ0) is 13.8. The Morgan fingerprint density at radius 2 is 2.00 bits per heavy atom. The number of rotatable bonds is 5. The molecule has 2 atom stereocenters. The van der Waals surface area contributed by atoms with Crippen molar-refractivity contribution in [2.75, 3.05) is 26.2 Å². The van der Waals surface area contributed by atoms with Crippen LogP contribution < -0.4 is 0 Å². The molecule has 0 saturated carbocycles. The van der Waals surface area contributed by atoms with Gasteiger partial charge in [0, 0.05) is 30.7 Å². The molecule has 1 aromatic carbocycles. The van der Waals surface area contributed by atoms with Crippen molar-refractivity contribution in [1.29, 1.82) is 0 Å². The Morgan fingerprint density at radius 3 is 2.63 bits per heavy atom. The highest BCUT2D eigenvalue weighted by molar-refractivity contribution is 5.34. The first-order chi connectivity index (χ1) is 9.17. The molecule has 0 aromatic heterocycles. The number of hydrogen-bond donors (Lipinski definition) is 1. The minimum absolute atomic E-state index is 0.293. The summed E-state index contributed by atoms with van der Waals surface area (Å²) in [5.41, 5.74) is 1.04. The van der Waals surface area contributed by atoms with Gasteiger partial charge in [-0.25, -0.2) is 0 Å². The van der Waals surface area contributed by atoms with E-state index < -0.39 is 0 Å². The number of phenolic OH excluding ortho intramolecular Hbond substituents is 1. The Labute approximate surface area is 116 Å². The SMILES string of the molecule is CCN(CC)C1CCN(C(C)c2ccccc2O)C1. The van der Waals surface area contributed by atoms with E-state index in [1.54, 1.807) is 6.07 Å². The van der Waals surface area contributed by atoms with E-state index in [4.69, 9.17) is 0 Å². The van der Waals surface area contributed by atoms with Gasteiger partial charge in [-0.1, -0.05) is 32.0 Å². The Bertz CT molecular complexity index is 403. The van der Waals surface area contributed by atoms with Crippen LogP contribution in [0.4, 0.5) is 0 Å². The predicted octanol–water partition coefficient (Wildman–Crippen LogP) is 2.87. The number of likely N-dealkylation sites (tertiary alicyclic amines) is 1. The van der Waals surface area contributed by atoms with Crippen LogP contribution in [-0.4, -0.2) is 47.1 Å². The maximum atomic E-state index is 9.97. The lowest BCUT2D eigenvalue weighted by atomic mass is 10.1. The molecular formula is C16H26N2O. The minimum Gasteiger partial charge on any atom is -0.508 e. The fourth-order valence-corrected chi connectivity index (χ4v) is 3.20. The lowest BCUT2D eigenvalue weighted by Gasteiger charge is -2.29. The molecule has 0 spiro atoms. The van der Waals surface area contributed by atoms with Crippen LogP contribution in [0.3, 0.4) is 0 Å². The highest BCUT2D eigenvalue weighted by atomic mass is 16.3. The summed E-state index contributed by atoms with van der Waals surface area (Å²) in [6.45, 7) is 11.1. The molecule has 1 aliphatic heterocycles. The summed E-state index contributed by atoms with van der Waals surface area (Å²) in [6.07, 6.45) is 1.24. The summed E-state index contributed by atoms with van der Waals surface area (Å²) in [5, 5.41) is 9.97. The Morgan fingerprint density at radius 1 is 1.32 bits per heavy atom. The highest BCUT2D eigenvalue weighted by Gasteiger charge is 2.30. The van der Waals surface area contributed by atoms with Crippen molar-refractivity contribution >= 4 is 0 Å². The van der Waals surface area contributed by atoms with Crippen LogP contribution in [0, 0.1) is 0 Å². The van der Waals surface area contributed by atoms with Crippen LogP contribution in [-0.2, 0) is 0 Å². The summed E-state index contributed by atoms with van der Waals surface area (Å²) in [7, 11) is 0. The van der Waals surface area contributed by atoms with Crippen LogP contribution in [0.15, 0.2) is 24.3 Å². The molecule has 1 aliphatic rings. The van der Waals surface area contributed by atoms with Gasteiger partial charge in [-0.05, 0) is 32.5 Å². The summed E-state index contributed by atoms with van der Waals surface area (Å²) in [6, 6.07) is 8.66. The molecule has 1 N–H and O–H groups in total. The van der Waals surface area contributed by atoms with Crippen LogP contribution >= 0.6 is 0 Å². The first-order valence-corrected chi connectivity index (χ1v) is 7.43. The predicted molar refractivity (Wildman–Crippen MR) is 79.4 cm³/mol. The smallest absolute Gasteiger partial charge is 0.120 e. The number of phenols is 1. The molecule has 2 unspecified atom stereocenters. The van der Waals surface area contributed by atoms with Gasteiger partial charge in [0.05, 0.1) is 0 Å². The third-order valence-electron chi connectivity index (χ3n) is 4.46. The highest BCUT2D eigenvalue weighted by Crippen LogP contribution is 2.31. The van der Waals surface area contributed by atoms with Crippen LogP contribution in [0.5, 0.6) is 5.75 Å². The molecule has 3 heteroatoms. The van der Waals surface area contributed by atoms with E-state index in [-0.39, 0.29) is 0 Å². The number of hydrogen-bond acceptors (Lipinski definition) is 3. The fourth-order valence-electron chi connectivity index (χ4n) is 3.20. The van der Waals surface area contributed by atoms with Crippen LogP contribution in [0.25, 0.3) is 0 Å². The van der Waals surface area contributed by atoms with Crippen molar-refractivity contribution in [1.82, 2.24) is 9.80 Å². The Hall–Kier alpha value is -1.06. The lowest BCUT2D eigenvalue weighted by Crippen LogP contribution is -2.37. The zero-order valence-corrected chi connectivity index (χ0v) is 12.3. The number of nitrogens with zero attached hydrogens (tertiary/aromatic N) is 2. The first kappa shape index (κ1) is 14.4. The van der Waals surface area contributed by atoms with Crippen LogP contribution in [0.2, 0.25) is 0 Å². The molecule has 1 heterocycles. The monoisotopic (exact) mass is 262 g/mol. The maximum Gasteiger partial charge on any atom is 0.120 e. The van der Waals surface area contributed by atoms with E-state index in [1.165, 1.54) is 6.42 Å². The van der Waals surface area contributed by atoms with Gasteiger partial charge in [0.1, 0.15) is 5.75 Å². The molecule has 106 valence electrons. The topological polar surface area (TPSA) is 26.7 Å².